The van der Waals surface area contributed by atoms with E-state index in [0.717, 1.165) is 29.0 Å². The predicted octanol–water partition coefficient (Wildman–Crippen LogP) is 3.57. The van der Waals surface area contributed by atoms with Crippen molar-refractivity contribution in [1.29, 1.82) is 0 Å². The second kappa shape index (κ2) is 5.01. The fourth-order valence-corrected chi connectivity index (χ4v) is 1.76. The van der Waals surface area contributed by atoms with Gasteiger partial charge in [0.05, 0.1) is 17.9 Å². The Labute approximate surface area is 108 Å². The van der Waals surface area contributed by atoms with Gasteiger partial charge in [0.2, 0.25) is 0 Å². The van der Waals surface area contributed by atoms with Crippen molar-refractivity contribution in [2.75, 3.05) is 0 Å². The summed E-state index contributed by atoms with van der Waals surface area (Å²) in [5, 5.41) is 9.07. The Morgan fingerprint density at radius 2 is 1.89 bits per heavy atom. The van der Waals surface area contributed by atoms with E-state index in [2.05, 4.69) is 4.98 Å². The molecule has 1 heterocycles. The Hall–Kier alpha value is -1.88. The van der Waals surface area contributed by atoms with Crippen LogP contribution in [-0.2, 0) is 12.8 Å². The summed E-state index contributed by atoms with van der Waals surface area (Å²) >= 11 is 0. The van der Waals surface area contributed by atoms with Crippen LogP contribution in [0.25, 0.3) is 11.3 Å². The highest BCUT2D eigenvalue weighted by Gasteiger charge is 2.30. The molecule has 2 rings (SSSR count). The van der Waals surface area contributed by atoms with Gasteiger partial charge in [-0.25, -0.2) is 0 Å². The number of alkyl halides is 3. The SMILES string of the molecule is Cc1cc(-c2ccc(C(F)(F)F)cn2)ccc1CO. The van der Waals surface area contributed by atoms with Gasteiger partial charge in [0.25, 0.3) is 0 Å². The molecule has 1 aromatic carbocycles. The standard InChI is InChI=1S/C14H12F3NO/c1-9-6-10(2-3-11(9)8-19)13-5-4-12(7-18-13)14(15,16)17/h2-7,19H,8H2,1H3. The van der Waals surface area contributed by atoms with Crippen molar-refractivity contribution in [3.05, 3.63) is 53.2 Å². The van der Waals surface area contributed by atoms with Crippen molar-refractivity contribution in [1.82, 2.24) is 4.98 Å². The highest BCUT2D eigenvalue weighted by molar-refractivity contribution is 5.61. The Morgan fingerprint density at radius 1 is 1.16 bits per heavy atom. The van der Waals surface area contributed by atoms with Gasteiger partial charge in [-0.3, -0.25) is 4.98 Å². The number of aliphatic hydroxyl groups is 1. The molecule has 1 N–H and O–H groups in total. The number of aryl methyl sites for hydroxylation is 1. The summed E-state index contributed by atoms with van der Waals surface area (Å²) in [4.78, 5) is 3.83. The van der Waals surface area contributed by atoms with Crippen molar-refractivity contribution >= 4 is 0 Å². The summed E-state index contributed by atoms with van der Waals surface area (Å²) in [7, 11) is 0. The number of hydrogen-bond acceptors (Lipinski definition) is 2. The molecule has 0 bridgehead atoms. The van der Waals surface area contributed by atoms with Crippen LogP contribution < -0.4 is 0 Å². The van der Waals surface area contributed by atoms with Gasteiger partial charge in [0, 0.05) is 11.8 Å². The highest BCUT2D eigenvalue weighted by atomic mass is 19.4. The molecule has 1 aromatic heterocycles. The number of nitrogens with zero attached hydrogens (tertiary/aromatic N) is 1. The van der Waals surface area contributed by atoms with E-state index in [4.69, 9.17) is 5.11 Å². The van der Waals surface area contributed by atoms with Crippen LogP contribution >= 0.6 is 0 Å². The Morgan fingerprint density at radius 3 is 2.37 bits per heavy atom. The van der Waals surface area contributed by atoms with Crippen LogP contribution in [0.15, 0.2) is 36.5 Å². The van der Waals surface area contributed by atoms with Crippen molar-refractivity contribution in [3.63, 3.8) is 0 Å². The van der Waals surface area contributed by atoms with E-state index in [1.54, 1.807) is 18.2 Å². The highest BCUT2D eigenvalue weighted by Crippen LogP contribution is 2.30. The first-order valence-electron chi connectivity index (χ1n) is 5.66. The second-order valence-corrected chi connectivity index (χ2v) is 4.23. The quantitative estimate of drug-likeness (QED) is 0.902. The van der Waals surface area contributed by atoms with Crippen LogP contribution in [0.1, 0.15) is 16.7 Å². The molecule has 0 amide bonds. The molecule has 0 saturated carbocycles. The summed E-state index contributed by atoms with van der Waals surface area (Å²) in [6, 6.07) is 7.62. The average Bonchev–Trinajstić information content (AvgIpc) is 2.38. The van der Waals surface area contributed by atoms with Crippen LogP contribution in [0.2, 0.25) is 0 Å². The van der Waals surface area contributed by atoms with Gasteiger partial charge in [-0.1, -0.05) is 12.1 Å². The lowest BCUT2D eigenvalue weighted by Crippen LogP contribution is -2.05. The van der Waals surface area contributed by atoms with Gasteiger partial charge < -0.3 is 5.11 Å². The van der Waals surface area contributed by atoms with E-state index in [1.807, 2.05) is 6.92 Å². The predicted molar refractivity (Wildman–Crippen MR) is 65.3 cm³/mol. The van der Waals surface area contributed by atoms with E-state index >= 15 is 0 Å². The molecule has 19 heavy (non-hydrogen) atoms. The van der Waals surface area contributed by atoms with Crippen molar-refractivity contribution in [2.45, 2.75) is 19.7 Å². The monoisotopic (exact) mass is 267 g/mol. The number of rotatable bonds is 2. The van der Waals surface area contributed by atoms with Gasteiger partial charge >= 0.3 is 6.18 Å². The zero-order valence-electron chi connectivity index (χ0n) is 10.2. The molecule has 0 radical (unpaired) electrons. The second-order valence-electron chi connectivity index (χ2n) is 4.23. The molecule has 100 valence electrons. The third-order valence-corrected chi connectivity index (χ3v) is 2.90. The van der Waals surface area contributed by atoms with Gasteiger partial charge in [-0.05, 0) is 36.2 Å². The number of aromatic nitrogens is 1. The minimum atomic E-state index is -4.37. The lowest BCUT2D eigenvalue weighted by molar-refractivity contribution is -0.137. The fraction of sp³-hybridized carbons (Fsp3) is 0.214. The van der Waals surface area contributed by atoms with E-state index < -0.39 is 11.7 Å². The van der Waals surface area contributed by atoms with Crippen molar-refractivity contribution in [3.8, 4) is 11.3 Å². The summed E-state index contributed by atoms with van der Waals surface area (Å²) in [5.74, 6) is 0. The summed E-state index contributed by atoms with van der Waals surface area (Å²) in [6.45, 7) is 1.77. The van der Waals surface area contributed by atoms with Crippen LogP contribution in [0.5, 0.6) is 0 Å². The third kappa shape index (κ3) is 2.93. The van der Waals surface area contributed by atoms with Crippen LogP contribution in [0, 0.1) is 6.92 Å². The molecule has 0 saturated heterocycles. The molecular weight excluding hydrogens is 255 g/mol. The molecule has 0 spiro atoms. The minimum absolute atomic E-state index is 0.0629. The Kier molecular flexibility index (Phi) is 3.57. The smallest absolute Gasteiger partial charge is 0.392 e. The third-order valence-electron chi connectivity index (χ3n) is 2.90. The van der Waals surface area contributed by atoms with E-state index in [1.165, 1.54) is 6.07 Å². The molecule has 0 aliphatic rings. The van der Waals surface area contributed by atoms with Crippen molar-refractivity contribution in [2.24, 2.45) is 0 Å². The molecule has 0 aliphatic heterocycles. The molecule has 0 fully saturated rings. The number of pyridine rings is 1. The summed E-state index contributed by atoms with van der Waals surface area (Å²) in [5.41, 5.74) is 2.10. The molecule has 0 unspecified atom stereocenters. The van der Waals surface area contributed by atoms with E-state index in [0.29, 0.717) is 5.69 Å². The largest absolute Gasteiger partial charge is 0.417 e. The Bertz CT molecular complexity index is 576. The molecule has 2 nitrogen and oxygen atoms in total. The van der Waals surface area contributed by atoms with Gasteiger partial charge in [-0.2, -0.15) is 13.2 Å². The van der Waals surface area contributed by atoms with Crippen LogP contribution in [0.4, 0.5) is 13.2 Å². The Balaban J connectivity index is 2.35. The molecule has 0 atom stereocenters. The normalized spacial score (nSPS) is 11.6. The lowest BCUT2D eigenvalue weighted by Gasteiger charge is -2.08. The van der Waals surface area contributed by atoms with E-state index in [9.17, 15) is 13.2 Å². The zero-order chi connectivity index (χ0) is 14.0. The molecular formula is C14H12F3NO. The molecule has 0 aliphatic carbocycles. The van der Waals surface area contributed by atoms with Gasteiger partial charge in [0.1, 0.15) is 0 Å². The molecule has 2 aromatic rings. The average molecular weight is 267 g/mol. The number of hydrogen-bond donors (Lipinski definition) is 1. The summed E-state index contributed by atoms with van der Waals surface area (Å²) < 4.78 is 37.3. The van der Waals surface area contributed by atoms with Crippen LogP contribution in [-0.4, -0.2) is 10.1 Å². The first-order chi connectivity index (χ1) is 8.91. The maximum absolute atomic E-state index is 12.4. The number of halogens is 3. The van der Waals surface area contributed by atoms with Crippen LogP contribution in [0.3, 0.4) is 0 Å². The van der Waals surface area contributed by atoms with Crippen molar-refractivity contribution < 1.29 is 18.3 Å². The van der Waals surface area contributed by atoms with Gasteiger partial charge in [0.15, 0.2) is 0 Å². The number of aliphatic hydroxyl groups excluding tert-OH is 1. The lowest BCUT2D eigenvalue weighted by atomic mass is 10.0. The zero-order valence-corrected chi connectivity index (χ0v) is 10.2. The maximum Gasteiger partial charge on any atom is 0.417 e. The van der Waals surface area contributed by atoms with E-state index in [-0.39, 0.29) is 6.61 Å². The van der Waals surface area contributed by atoms with Gasteiger partial charge in [-0.15, -0.1) is 0 Å². The first-order valence-corrected chi connectivity index (χ1v) is 5.66. The topological polar surface area (TPSA) is 33.1 Å². The molecule has 5 heteroatoms. The summed E-state index contributed by atoms with van der Waals surface area (Å²) in [6.07, 6.45) is -3.55. The number of benzene rings is 1. The fourth-order valence-electron chi connectivity index (χ4n) is 1.76. The maximum atomic E-state index is 12.4. The first kappa shape index (κ1) is 13.5. The minimum Gasteiger partial charge on any atom is -0.392 e.